The van der Waals surface area contributed by atoms with Crippen molar-refractivity contribution in [2.75, 3.05) is 13.1 Å². The molecule has 0 saturated heterocycles. The average molecular weight is 184 g/mol. The first-order valence-electron chi connectivity index (χ1n) is 2.46. The summed E-state index contributed by atoms with van der Waals surface area (Å²) in [5.41, 5.74) is 0. The van der Waals surface area contributed by atoms with Crippen LogP contribution < -0.4 is 0 Å². The molecule has 0 aliphatic rings. The van der Waals surface area contributed by atoms with Crippen LogP contribution in [0.15, 0.2) is 0 Å². The molecule has 0 rings (SSSR count). The van der Waals surface area contributed by atoms with E-state index in [0.29, 0.717) is 0 Å². The van der Waals surface area contributed by atoms with Crippen molar-refractivity contribution in [1.82, 2.24) is 3.82 Å². The summed E-state index contributed by atoms with van der Waals surface area (Å²) in [7, 11) is 5.62. The third-order valence-electron chi connectivity index (χ3n) is 0.883. The van der Waals surface area contributed by atoms with E-state index in [9.17, 15) is 0 Å². The normalized spacial score (nSPS) is 12.0. The molecule has 0 amide bonds. The van der Waals surface area contributed by atoms with Crippen molar-refractivity contribution in [3.8, 4) is 0 Å². The SMILES string of the molecule is CCN(CC)[AsH]Cl. The number of nitrogens with zero attached hydrogens (tertiary/aromatic N) is 1. The molecule has 0 N–H and O–H groups in total. The van der Waals surface area contributed by atoms with Gasteiger partial charge in [0.1, 0.15) is 0 Å². The van der Waals surface area contributed by atoms with Gasteiger partial charge in [0.05, 0.1) is 0 Å². The molecule has 0 radical (unpaired) electrons. The maximum atomic E-state index is 5.62. The van der Waals surface area contributed by atoms with Crippen molar-refractivity contribution >= 4 is 25.0 Å². The molecule has 0 aromatic carbocycles. The zero-order valence-electron chi connectivity index (χ0n) is 4.74. The summed E-state index contributed by atoms with van der Waals surface area (Å²) in [6, 6.07) is 0. The Kier molecular flexibility index (Phi) is 5.53. The average Bonchev–Trinajstić information content (AvgIpc) is 1.72. The molecule has 0 fully saturated rings. The molecule has 44 valence electrons. The van der Waals surface area contributed by atoms with E-state index in [1.54, 1.807) is 0 Å². The minimum atomic E-state index is -0.264. The van der Waals surface area contributed by atoms with E-state index in [1.807, 2.05) is 0 Å². The molecule has 1 unspecified atom stereocenters. The van der Waals surface area contributed by atoms with Crippen molar-refractivity contribution in [3.05, 3.63) is 0 Å². The number of rotatable bonds is 3. The number of hydrogen-bond acceptors (Lipinski definition) is 1. The number of halogens is 1. The van der Waals surface area contributed by atoms with Crippen LogP contribution in [0.1, 0.15) is 13.8 Å². The van der Waals surface area contributed by atoms with E-state index in [-0.39, 0.29) is 15.0 Å². The van der Waals surface area contributed by atoms with Crippen LogP contribution in [0, 0.1) is 0 Å². The third-order valence-corrected chi connectivity index (χ3v) is 3.95. The summed E-state index contributed by atoms with van der Waals surface area (Å²) in [5.74, 6) is 0. The molecule has 3 heteroatoms. The van der Waals surface area contributed by atoms with Gasteiger partial charge in [-0.15, -0.1) is 0 Å². The standard InChI is InChI=1S/C4H11AsClN/c1-3-7(4-2)5-6/h5H,3-4H2,1-2H3. The van der Waals surface area contributed by atoms with E-state index in [0.717, 1.165) is 13.1 Å². The van der Waals surface area contributed by atoms with Crippen molar-refractivity contribution < 1.29 is 0 Å². The molecule has 0 aliphatic heterocycles. The molecule has 0 bridgehead atoms. The summed E-state index contributed by atoms with van der Waals surface area (Å²) in [6.45, 7) is 6.49. The van der Waals surface area contributed by atoms with Gasteiger partial charge in [-0.3, -0.25) is 0 Å². The van der Waals surface area contributed by atoms with Gasteiger partial charge in [-0.05, 0) is 0 Å². The van der Waals surface area contributed by atoms with Gasteiger partial charge in [0.15, 0.2) is 0 Å². The Bertz CT molecular complexity index is 33.2. The molecule has 0 aliphatic carbocycles. The number of hydrogen-bond donors (Lipinski definition) is 0. The fraction of sp³-hybridized carbons (Fsp3) is 1.00. The second-order valence-corrected chi connectivity index (χ2v) is 3.82. The van der Waals surface area contributed by atoms with Crippen molar-refractivity contribution in [1.29, 1.82) is 0 Å². The van der Waals surface area contributed by atoms with E-state index >= 15 is 0 Å². The van der Waals surface area contributed by atoms with Crippen LogP contribution >= 0.6 is 9.95 Å². The summed E-state index contributed by atoms with van der Waals surface area (Å²) < 4.78 is 2.27. The predicted molar refractivity (Wildman–Crippen MR) is 35.9 cm³/mol. The van der Waals surface area contributed by atoms with Gasteiger partial charge in [-0.1, -0.05) is 0 Å². The predicted octanol–water partition coefficient (Wildman–Crippen LogP) is 0.833. The second-order valence-electron chi connectivity index (χ2n) is 1.26. The Hall–Kier alpha value is 0.808. The van der Waals surface area contributed by atoms with E-state index in [4.69, 9.17) is 9.95 Å². The first kappa shape index (κ1) is 7.81. The van der Waals surface area contributed by atoms with Crippen LogP contribution in [-0.2, 0) is 0 Å². The first-order valence-corrected chi connectivity index (χ1v) is 6.15. The molecule has 0 spiro atoms. The van der Waals surface area contributed by atoms with Crippen molar-refractivity contribution in [3.63, 3.8) is 0 Å². The molecular formula is C4H11AsClN. The Morgan fingerprint density at radius 1 is 1.43 bits per heavy atom. The van der Waals surface area contributed by atoms with Gasteiger partial charge >= 0.3 is 55.7 Å². The summed E-state index contributed by atoms with van der Waals surface area (Å²) in [4.78, 5) is 0. The van der Waals surface area contributed by atoms with Crippen LogP contribution in [0.3, 0.4) is 0 Å². The van der Waals surface area contributed by atoms with E-state index in [1.165, 1.54) is 0 Å². The van der Waals surface area contributed by atoms with Gasteiger partial charge in [0.25, 0.3) is 0 Å². The fourth-order valence-corrected chi connectivity index (χ4v) is 2.09. The van der Waals surface area contributed by atoms with Crippen molar-refractivity contribution in [2.24, 2.45) is 0 Å². The Morgan fingerprint density at radius 2 is 1.86 bits per heavy atom. The molecule has 0 saturated carbocycles. The molecule has 0 heterocycles. The summed E-state index contributed by atoms with van der Waals surface area (Å²) in [5, 5.41) is 0. The topological polar surface area (TPSA) is 3.24 Å². The first-order chi connectivity index (χ1) is 3.35. The minimum absolute atomic E-state index is 0.264. The van der Waals surface area contributed by atoms with Crippen LogP contribution in [0.4, 0.5) is 0 Å². The zero-order chi connectivity index (χ0) is 5.70. The Morgan fingerprint density at radius 3 is 1.86 bits per heavy atom. The quantitative estimate of drug-likeness (QED) is 0.586. The molecule has 1 atom stereocenters. The third kappa shape index (κ3) is 3.40. The van der Waals surface area contributed by atoms with Gasteiger partial charge in [0.2, 0.25) is 0 Å². The summed E-state index contributed by atoms with van der Waals surface area (Å²) >= 11 is -0.264. The van der Waals surface area contributed by atoms with Crippen molar-refractivity contribution in [2.45, 2.75) is 13.8 Å². The Balaban J connectivity index is 2.99. The molecule has 1 nitrogen and oxygen atoms in total. The van der Waals surface area contributed by atoms with E-state index < -0.39 is 0 Å². The van der Waals surface area contributed by atoms with Crippen LogP contribution in [0.5, 0.6) is 0 Å². The van der Waals surface area contributed by atoms with Crippen LogP contribution in [-0.4, -0.2) is 31.9 Å². The van der Waals surface area contributed by atoms with Gasteiger partial charge in [-0.25, -0.2) is 0 Å². The van der Waals surface area contributed by atoms with Crippen LogP contribution in [0.25, 0.3) is 0 Å². The van der Waals surface area contributed by atoms with Gasteiger partial charge in [0, 0.05) is 0 Å². The second kappa shape index (κ2) is 4.96. The fourth-order valence-electron chi connectivity index (χ4n) is 0.343. The molecule has 0 aromatic rings. The molecular weight excluding hydrogens is 172 g/mol. The Labute approximate surface area is 56.1 Å². The van der Waals surface area contributed by atoms with Gasteiger partial charge in [-0.2, -0.15) is 0 Å². The van der Waals surface area contributed by atoms with Gasteiger partial charge < -0.3 is 0 Å². The summed E-state index contributed by atoms with van der Waals surface area (Å²) in [6.07, 6.45) is 0. The molecule has 0 aromatic heterocycles. The maximum absolute atomic E-state index is 5.62. The molecule has 7 heavy (non-hydrogen) atoms. The zero-order valence-corrected chi connectivity index (χ0v) is 7.59. The monoisotopic (exact) mass is 183 g/mol. The van der Waals surface area contributed by atoms with Crippen LogP contribution in [0.2, 0.25) is 0 Å². The van der Waals surface area contributed by atoms with E-state index in [2.05, 4.69) is 17.7 Å².